The smallest absolute Gasteiger partial charge is 0.163 e. The van der Waals surface area contributed by atoms with Crippen LogP contribution < -0.4 is 0 Å². The lowest BCUT2D eigenvalue weighted by Crippen LogP contribution is -2.05. The molecule has 2 heteroatoms. The summed E-state index contributed by atoms with van der Waals surface area (Å²) in [6, 6.07) is 2.07. The van der Waals surface area contributed by atoms with E-state index in [0.29, 0.717) is 6.42 Å². The molecule has 0 radical (unpaired) electrons. The largest absolute Gasteiger partial charge is 0.294 e. The standard InChI is InChI=1S/C13H17BrO/c1-5-6-11(15)12-8(2)7-9(3)13(14)10(12)4/h7H,5-6H2,1-4H3. The van der Waals surface area contributed by atoms with Crippen molar-refractivity contribution in [2.24, 2.45) is 0 Å². The van der Waals surface area contributed by atoms with E-state index in [-0.39, 0.29) is 5.78 Å². The molecular weight excluding hydrogens is 252 g/mol. The minimum Gasteiger partial charge on any atom is -0.294 e. The molecule has 0 aliphatic rings. The van der Waals surface area contributed by atoms with Crippen molar-refractivity contribution in [2.75, 3.05) is 0 Å². The molecule has 0 fully saturated rings. The van der Waals surface area contributed by atoms with Crippen LogP contribution in [0.5, 0.6) is 0 Å². The Kier molecular flexibility index (Phi) is 4.09. The number of ketones is 1. The Hall–Kier alpha value is -0.630. The van der Waals surface area contributed by atoms with E-state index in [0.717, 1.165) is 27.6 Å². The predicted molar refractivity (Wildman–Crippen MR) is 67.6 cm³/mol. The Bertz CT molecular complexity index is 394. The minimum absolute atomic E-state index is 0.258. The van der Waals surface area contributed by atoms with Gasteiger partial charge in [-0.15, -0.1) is 0 Å². The number of hydrogen-bond donors (Lipinski definition) is 0. The topological polar surface area (TPSA) is 17.1 Å². The SMILES string of the molecule is CCCC(=O)c1c(C)cc(C)c(Br)c1C. The number of Topliss-reactive ketones (excluding diaryl/α,β-unsaturated/α-hetero) is 1. The van der Waals surface area contributed by atoms with Crippen molar-refractivity contribution in [2.45, 2.75) is 40.5 Å². The van der Waals surface area contributed by atoms with Crippen LogP contribution in [-0.4, -0.2) is 5.78 Å². The zero-order valence-corrected chi connectivity index (χ0v) is 11.4. The summed E-state index contributed by atoms with van der Waals surface area (Å²) >= 11 is 3.53. The minimum atomic E-state index is 0.258. The highest BCUT2D eigenvalue weighted by atomic mass is 79.9. The van der Waals surface area contributed by atoms with Crippen molar-refractivity contribution in [1.29, 1.82) is 0 Å². The highest BCUT2D eigenvalue weighted by Crippen LogP contribution is 2.27. The fourth-order valence-corrected chi connectivity index (χ4v) is 2.26. The molecule has 0 bridgehead atoms. The van der Waals surface area contributed by atoms with Gasteiger partial charge in [-0.3, -0.25) is 4.79 Å². The Labute approximate surface area is 100 Å². The second-order valence-electron chi connectivity index (χ2n) is 4.00. The first-order valence-corrected chi connectivity index (χ1v) is 6.07. The van der Waals surface area contributed by atoms with Crippen molar-refractivity contribution in [3.63, 3.8) is 0 Å². The first-order valence-electron chi connectivity index (χ1n) is 5.28. The molecule has 0 aliphatic heterocycles. The van der Waals surface area contributed by atoms with E-state index in [9.17, 15) is 4.79 Å². The van der Waals surface area contributed by atoms with Gasteiger partial charge in [-0.1, -0.05) is 28.9 Å². The van der Waals surface area contributed by atoms with Crippen LogP contribution in [0.4, 0.5) is 0 Å². The van der Waals surface area contributed by atoms with Crippen LogP contribution in [0.25, 0.3) is 0 Å². The molecule has 82 valence electrons. The van der Waals surface area contributed by atoms with Crippen LogP contribution in [0.15, 0.2) is 10.5 Å². The van der Waals surface area contributed by atoms with Crippen LogP contribution in [0.1, 0.15) is 46.8 Å². The molecule has 0 atom stereocenters. The van der Waals surface area contributed by atoms with Gasteiger partial charge < -0.3 is 0 Å². The third kappa shape index (κ3) is 2.49. The van der Waals surface area contributed by atoms with Crippen LogP contribution in [0.2, 0.25) is 0 Å². The maximum atomic E-state index is 11.9. The lowest BCUT2D eigenvalue weighted by atomic mass is 9.95. The van der Waals surface area contributed by atoms with Crippen molar-refractivity contribution in [3.8, 4) is 0 Å². The normalized spacial score (nSPS) is 10.5. The highest BCUT2D eigenvalue weighted by molar-refractivity contribution is 9.10. The summed E-state index contributed by atoms with van der Waals surface area (Å²) < 4.78 is 1.06. The van der Waals surface area contributed by atoms with Gasteiger partial charge in [0.05, 0.1) is 0 Å². The Balaban J connectivity index is 3.29. The maximum Gasteiger partial charge on any atom is 0.163 e. The average molecular weight is 269 g/mol. The Morgan fingerprint density at radius 1 is 1.27 bits per heavy atom. The van der Waals surface area contributed by atoms with Crippen LogP contribution in [0, 0.1) is 20.8 Å². The van der Waals surface area contributed by atoms with Gasteiger partial charge in [0, 0.05) is 16.5 Å². The van der Waals surface area contributed by atoms with Crippen molar-refractivity contribution in [3.05, 3.63) is 32.8 Å². The van der Waals surface area contributed by atoms with Gasteiger partial charge in [0.1, 0.15) is 0 Å². The summed E-state index contributed by atoms with van der Waals surface area (Å²) in [7, 11) is 0. The molecule has 0 spiro atoms. The Morgan fingerprint density at radius 3 is 2.40 bits per heavy atom. The summed E-state index contributed by atoms with van der Waals surface area (Å²) in [4.78, 5) is 11.9. The van der Waals surface area contributed by atoms with Gasteiger partial charge in [0.15, 0.2) is 5.78 Å². The van der Waals surface area contributed by atoms with Gasteiger partial charge in [-0.05, 0) is 43.9 Å². The third-order valence-corrected chi connectivity index (χ3v) is 3.85. The first-order chi connectivity index (χ1) is 6.99. The molecule has 0 heterocycles. The summed E-state index contributed by atoms with van der Waals surface area (Å²) in [6.45, 7) is 8.10. The molecule has 1 rings (SSSR count). The maximum absolute atomic E-state index is 11.9. The summed E-state index contributed by atoms with van der Waals surface area (Å²) in [5.41, 5.74) is 4.25. The fraction of sp³-hybridized carbons (Fsp3) is 0.462. The average Bonchev–Trinajstić information content (AvgIpc) is 2.15. The van der Waals surface area contributed by atoms with E-state index in [1.54, 1.807) is 0 Å². The van der Waals surface area contributed by atoms with Crippen molar-refractivity contribution in [1.82, 2.24) is 0 Å². The number of halogens is 1. The lowest BCUT2D eigenvalue weighted by molar-refractivity contribution is 0.0980. The van der Waals surface area contributed by atoms with Gasteiger partial charge in [-0.25, -0.2) is 0 Å². The van der Waals surface area contributed by atoms with Gasteiger partial charge in [0.2, 0.25) is 0 Å². The number of hydrogen-bond acceptors (Lipinski definition) is 1. The zero-order valence-electron chi connectivity index (χ0n) is 9.78. The molecule has 0 aromatic heterocycles. The van der Waals surface area contributed by atoms with Gasteiger partial charge in [-0.2, -0.15) is 0 Å². The molecule has 15 heavy (non-hydrogen) atoms. The number of benzene rings is 1. The van der Waals surface area contributed by atoms with Crippen LogP contribution in [0.3, 0.4) is 0 Å². The Morgan fingerprint density at radius 2 is 1.87 bits per heavy atom. The second-order valence-corrected chi connectivity index (χ2v) is 4.79. The van der Waals surface area contributed by atoms with Crippen LogP contribution in [-0.2, 0) is 0 Å². The number of rotatable bonds is 3. The van der Waals surface area contributed by atoms with E-state index in [4.69, 9.17) is 0 Å². The molecule has 0 unspecified atom stereocenters. The van der Waals surface area contributed by atoms with E-state index in [1.165, 1.54) is 5.56 Å². The van der Waals surface area contributed by atoms with Gasteiger partial charge >= 0.3 is 0 Å². The molecule has 0 amide bonds. The van der Waals surface area contributed by atoms with E-state index in [2.05, 4.69) is 28.9 Å². The molecule has 0 N–H and O–H groups in total. The second kappa shape index (κ2) is 4.93. The van der Waals surface area contributed by atoms with Crippen molar-refractivity contribution >= 4 is 21.7 Å². The molecule has 0 saturated heterocycles. The molecule has 1 aromatic carbocycles. The molecule has 1 nitrogen and oxygen atoms in total. The summed E-state index contributed by atoms with van der Waals surface area (Å²) in [6.07, 6.45) is 1.54. The number of aryl methyl sites for hydroxylation is 2. The molecule has 1 aromatic rings. The summed E-state index contributed by atoms with van der Waals surface area (Å²) in [5, 5.41) is 0. The first kappa shape index (κ1) is 12.4. The van der Waals surface area contributed by atoms with Crippen molar-refractivity contribution < 1.29 is 4.79 Å². The van der Waals surface area contributed by atoms with Gasteiger partial charge in [0.25, 0.3) is 0 Å². The quantitative estimate of drug-likeness (QED) is 0.745. The highest BCUT2D eigenvalue weighted by Gasteiger charge is 2.14. The monoisotopic (exact) mass is 268 g/mol. The van der Waals surface area contributed by atoms with E-state index in [1.807, 2.05) is 20.8 Å². The summed E-state index contributed by atoms with van der Waals surface area (Å²) in [5.74, 6) is 0.258. The van der Waals surface area contributed by atoms with Crippen LogP contribution >= 0.6 is 15.9 Å². The molecular formula is C13H17BrO. The third-order valence-electron chi connectivity index (χ3n) is 2.63. The van der Waals surface area contributed by atoms with E-state index >= 15 is 0 Å². The molecule has 0 aliphatic carbocycles. The zero-order chi connectivity index (χ0) is 11.6. The number of carbonyl (C=O) groups is 1. The lowest BCUT2D eigenvalue weighted by Gasteiger charge is -2.12. The fourth-order valence-electron chi connectivity index (χ4n) is 1.94. The molecule has 0 saturated carbocycles. The predicted octanol–water partition coefficient (Wildman–Crippen LogP) is 4.36. The number of carbonyl (C=O) groups excluding carboxylic acids is 1. The van der Waals surface area contributed by atoms with E-state index < -0.39 is 0 Å².